The predicted octanol–water partition coefficient (Wildman–Crippen LogP) is 3.39. The minimum atomic E-state index is -0.503. The molecule has 1 atom stereocenters. The van der Waals surface area contributed by atoms with Gasteiger partial charge in [0.15, 0.2) is 0 Å². The summed E-state index contributed by atoms with van der Waals surface area (Å²) in [7, 11) is 3.21. The van der Waals surface area contributed by atoms with Crippen LogP contribution in [0.2, 0.25) is 0 Å². The van der Waals surface area contributed by atoms with Gasteiger partial charge in [-0.1, -0.05) is 18.2 Å². The third-order valence-corrected chi connectivity index (χ3v) is 4.88. The fraction of sp³-hybridized carbons (Fsp3) is 0.350. The van der Waals surface area contributed by atoms with Crippen molar-refractivity contribution < 1.29 is 19.2 Å². The van der Waals surface area contributed by atoms with Crippen molar-refractivity contribution in [1.29, 1.82) is 0 Å². The van der Waals surface area contributed by atoms with Crippen molar-refractivity contribution in [2.45, 2.75) is 18.9 Å². The standard InChI is InChI=1S/C20H23N3O5/c1-27-14-9-10-15(19(12-14)28-2)17-8-5-11-22(17)13-20(24)21-16-6-3-4-7-18(16)23(25)26/h3-4,6-7,9-10,12,17H,5,8,11,13H2,1-2H3,(H,21,24)/t17-/m0/s1. The fourth-order valence-electron chi connectivity index (χ4n) is 3.57. The van der Waals surface area contributed by atoms with Crippen LogP contribution >= 0.6 is 0 Å². The summed E-state index contributed by atoms with van der Waals surface area (Å²) in [4.78, 5) is 25.2. The highest BCUT2D eigenvalue weighted by atomic mass is 16.6. The van der Waals surface area contributed by atoms with Gasteiger partial charge in [0.1, 0.15) is 17.2 Å². The Labute approximate surface area is 163 Å². The van der Waals surface area contributed by atoms with Gasteiger partial charge in [0, 0.05) is 23.7 Å². The molecular formula is C20H23N3O5. The SMILES string of the molecule is COc1ccc([C@@H]2CCCN2CC(=O)Nc2ccccc2[N+](=O)[O-])c(OC)c1. The third kappa shape index (κ3) is 4.23. The molecule has 2 aromatic carbocycles. The zero-order chi connectivity index (χ0) is 20.1. The lowest BCUT2D eigenvalue weighted by Gasteiger charge is -2.25. The number of nitrogens with zero attached hydrogens (tertiary/aromatic N) is 2. The van der Waals surface area contributed by atoms with Crippen LogP contribution in [0.1, 0.15) is 24.4 Å². The van der Waals surface area contributed by atoms with E-state index in [4.69, 9.17) is 9.47 Å². The number of benzene rings is 2. The van der Waals surface area contributed by atoms with Crippen LogP contribution in [0.4, 0.5) is 11.4 Å². The number of para-hydroxylation sites is 2. The molecule has 148 valence electrons. The number of ether oxygens (including phenoxy) is 2. The molecule has 1 aliphatic rings. The van der Waals surface area contributed by atoms with Crippen LogP contribution in [0, 0.1) is 10.1 Å². The summed E-state index contributed by atoms with van der Waals surface area (Å²) in [6.07, 6.45) is 1.86. The van der Waals surface area contributed by atoms with Gasteiger partial charge < -0.3 is 14.8 Å². The first-order valence-electron chi connectivity index (χ1n) is 9.02. The summed E-state index contributed by atoms with van der Waals surface area (Å²) in [6.45, 7) is 0.913. The number of hydrogen-bond donors (Lipinski definition) is 1. The smallest absolute Gasteiger partial charge is 0.292 e. The molecule has 1 amide bonds. The third-order valence-electron chi connectivity index (χ3n) is 4.88. The number of nitro groups is 1. The molecule has 1 heterocycles. The van der Waals surface area contributed by atoms with Gasteiger partial charge in [0.05, 0.1) is 25.7 Å². The van der Waals surface area contributed by atoms with Gasteiger partial charge in [-0.15, -0.1) is 0 Å². The largest absolute Gasteiger partial charge is 0.497 e. The second-order valence-electron chi connectivity index (χ2n) is 6.56. The van der Waals surface area contributed by atoms with Gasteiger partial charge in [-0.05, 0) is 31.5 Å². The van der Waals surface area contributed by atoms with Crippen LogP contribution in [0.25, 0.3) is 0 Å². The van der Waals surface area contributed by atoms with Gasteiger partial charge >= 0.3 is 0 Å². The minimum Gasteiger partial charge on any atom is -0.497 e. The number of likely N-dealkylation sites (tertiary alicyclic amines) is 1. The number of carbonyl (C=O) groups is 1. The van der Waals surface area contributed by atoms with E-state index in [1.165, 1.54) is 12.1 Å². The highest BCUT2D eigenvalue weighted by Gasteiger charge is 2.30. The monoisotopic (exact) mass is 385 g/mol. The van der Waals surface area contributed by atoms with E-state index in [1.807, 2.05) is 18.2 Å². The van der Waals surface area contributed by atoms with Gasteiger partial charge in [-0.3, -0.25) is 19.8 Å². The molecule has 1 aliphatic heterocycles. The van der Waals surface area contributed by atoms with E-state index < -0.39 is 4.92 Å². The van der Waals surface area contributed by atoms with Crippen LogP contribution in [0.5, 0.6) is 11.5 Å². The highest BCUT2D eigenvalue weighted by molar-refractivity contribution is 5.94. The van der Waals surface area contributed by atoms with Crippen molar-refractivity contribution in [2.75, 3.05) is 32.6 Å². The lowest BCUT2D eigenvalue weighted by Crippen LogP contribution is -2.33. The summed E-state index contributed by atoms with van der Waals surface area (Å²) >= 11 is 0. The van der Waals surface area contributed by atoms with Crippen molar-refractivity contribution >= 4 is 17.3 Å². The molecule has 0 saturated carbocycles. The van der Waals surface area contributed by atoms with Gasteiger partial charge in [-0.2, -0.15) is 0 Å². The zero-order valence-electron chi connectivity index (χ0n) is 15.9. The number of rotatable bonds is 7. The first-order valence-corrected chi connectivity index (χ1v) is 9.02. The molecule has 1 N–H and O–H groups in total. The normalized spacial score (nSPS) is 16.6. The zero-order valence-corrected chi connectivity index (χ0v) is 15.9. The topological polar surface area (TPSA) is 93.9 Å². The van der Waals surface area contributed by atoms with Crippen LogP contribution in [0.15, 0.2) is 42.5 Å². The number of hydrogen-bond acceptors (Lipinski definition) is 6. The van der Waals surface area contributed by atoms with Crippen LogP contribution < -0.4 is 14.8 Å². The Bertz CT molecular complexity index is 871. The highest BCUT2D eigenvalue weighted by Crippen LogP contribution is 2.38. The lowest BCUT2D eigenvalue weighted by molar-refractivity contribution is -0.383. The molecule has 8 nitrogen and oxygen atoms in total. The van der Waals surface area contributed by atoms with E-state index in [1.54, 1.807) is 26.4 Å². The molecule has 1 saturated heterocycles. The molecule has 3 rings (SSSR count). The number of methoxy groups -OCH3 is 2. The van der Waals surface area contributed by atoms with Crippen molar-refractivity contribution in [1.82, 2.24) is 4.90 Å². The Morgan fingerprint density at radius 3 is 2.75 bits per heavy atom. The van der Waals surface area contributed by atoms with Crippen molar-refractivity contribution in [3.63, 3.8) is 0 Å². The van der Waals surface area contributed by atoms with E-state index in [9.17, 15) is 14.9 Å². The number of amides is 1. The number of anilines is 1. The fourth-order valence-corrected chi connectivity index (χ4v) is 3.57. The average molecular weight is 385 g/mol. The van der Waals surface area contributed by atoms with E-state index in [0.29, 0.717) is 5.75 Å². The number of carbonyl (C=O) groups excluding carboxylic acids is 1. The Hall–Kier alpha value is -3.13. The predicted molar refractivity (Wildman–Crippen MR) is 105 cm³/mol. The van der Waals surface area contributed by atoms with Crippen LogP contribution in [-0.4, -0.2) is 43.0 Å². The van der Waals surface area contributed by atoms with E-state index in [-0.39, 0.29) is 29.9 Å². The lowest BCUT2D eigenvalue weighted by atomic mass is 10.0. The van der Waals surface area contributed by atoms with Crippen LogP contribution in [0.3, 0.4) is 0 Å². The maximum absolute atomic E-state index is 12.5. The minimum absolute atomic E-state index is 0.0392. The first-order chi connectivity index (χ1) is 13.5. The summed E-state index contributed by atoms with van der Waals surface area (Å²) in [5.41, 5.74) is 1.08. The molecule has 1 fully saturated rings. The Morgan fingerprint density at radius 2 is 2.04 bits per heavy atom. The Kier molecular flexibility index (Phi) is 6.10. The number of nitrogens with one attached hydrogen (secondary N) is 1. The van der Waals surface area contributed by atoms with Gasteiger partial charge in [0.25, 0.3) is 5.69 Å². The molecule has 2 aromatic rings. The number of nitro benzene ring substituents is 1. The molecule has 0 spiro atoms. The molecule has 8 heteroatoms. The first kappa shape index (κ1) is 19.6. The average Bonchev–Trinajstić information content (AvgIpc) is 3.15. The molecule has 0 aromatic heterocycles. The summed E-state index contributed by atoms with van der Waals surface area (Å²) in [5, 5.41) is 13.8. The molecular weight excluding hydrogens is 362 g/mol. The van der Waals surface area contributed by atoms with Gasteiger partial charge in [0.2, 0.25) is 5.91 Å². The van der Waals surface area contributed by atoms with E-state index in [0.717, 1.165) is 30.7 Å². The van der Waals surface area contributed by atoms with E-state index >= 15 is 0 Å². The molecule has 0 bridgehead atoms. The van der Waals surface area contributed by atoms with Crippen molar-refractivity contribution in [3.05, 3.63) is 58.1 Å². The Morgan fingerprint density at radius 1 is 1.25 bits per heavy atom. The van der Waals surface area contributed by atoms with Crippen molar-refractivity contribution in [2.24, 2.45) is 0 Å². The maximum Gasteiger partial charge on any atom is 0.292 e. The molecule has 28 heavy (non-hydrogen) atoms. The van der Waals surface area contributed by atoms with Crippen molar-refractivity contribution in [3.8, 4) is 11.5 Å². The quantitative estimate of drug-likeness (QED) is 0.580. The van der Waals surface area contributed by atoms with Gasteiger partial charge in [-0.25, -0.2) is 0 Å². The van der Waals surface area contributed by atoms with E-state index in [2.05, 4.69) is 10.2 Å². The second kappa shape index (κ2) is 8.71. The summed E-state index contributed by atoms with van der Waals surface area (Å²) < 4.78 is 10.8. The summed E-state index contributed by atoms with van der Waals surface area (Å²) in [6, 6.07) is 11.8. The van der Waals surface area contributed by atoms with Crippen LogP contribution in [-0.2, 0) is 4.79 Å². The molecule has 0 unspecified atom stereocenters. The second-order valence-corrected chi connectivity index (χ2v) is 6.56. The summed E-state index contributed by atoms with van der Waals surface area (Å²) in [5.74, 6) is 1.14. The Balaban J connectivity index is 1.74. The molecule has 0 aliphatic carbocycles. The molecule has 0 radical (unpaired) electrons. The maximum atomic E-state index is 12.5.